The normalized spacial score (nSPS) is 18.4. The molecule has 0 aliphatic carbocycles. The molecule has 0 saturated carbocycles. The molecular weight excluding hydrogens is 362 g/mol. The van der Waals surface area contributed by atoms with Crippen LogP contribution in [-0.4, -0.2) is 47.8 Å². The van der Waals surface area contributed by atoms with E-state index >= 15 is 0 Å². The van der Waals surface area contributed by atoms with E-state index in [0.29, 0.717) is 0 Å². The van der Waals surface area contributed by atoms with E-state index in [2.05, 4.69) is 29.1 Å². The summed E-state index contributed by atoms with van der Waals surface area (Å²) in [7, 11) is 2.15. The van der Waals surface area contributed by atoms with Crippen LogP contribution in [0.15, 0.2) is 42.5 Å². The van der Waals surface area contributed by atoms with Crippen LogP contribution in [-0.2, 0) is 6.42 Å². The van der Waals surface area contributed by atoms with Gasteiger partial charge >= 0.3 is 0 Å². The second kappa shape index (κ2) is 7.52. The Bertz CT molecular complexity index is 938. The predicted molar refractivity (Wildman–Crippen MR) is 108 cm³/mol. The van der Waals surface area contributed by atoms with Crippen molar-refractivity contribution in [3.8, 4) is 5.75 Å². The SMILES string of the molecule is CN1CCc2c([nH]c3ccc(Cl)cc23)C1c1ccc(OCC(O)CN)cc1. The molecule has 0 saturated heterocycles. The molecule has 2 atom stereocenters. The number of nitrogens with one attached hydrogen (secondary N) is 1. The zero-order valence-electron chi connectivity index (χ0n) is 15.3. The molecule has 0 amide bonds. The highest BCUT2D eigenvalue weighted by Gasteiger charge is 2.29. The summed E-state index contributed by atoms with van der Waals surface area (Å²) in [6.45, 7) is 1.38. The molecule has 0 spiro atoms. The summed E-state index contributed by atoms with van der Waals surface area (Å²) in [4.78, 5) is 5.96. The van der Waals surface area contributed by atoms with Gasteiger partial charge in [0.15, 0.2) is 0 Å². The molecule has 3 aromatic rings. The first-order valence-electron chi connectivity index (χ1n) is 9.18. The maximum absolute atomic E-state index is 9.54. The first kappa shape index (κ1) is 18.3. The third-order valence-electron chi connectivity index (χ3n) is 5.24. The molecule has 1 aromatic heterocycles. The molecule has 1 aliphatic heterocycles. The fourth-order valence-corrected chi connectivity index (χ4v) is 3.98. The predicted octanol–water partition coefficient (Wildman–Crippen LogP) is 3.10. The molecule has 6 heteroatoms. The number of ether oxygens (including phenoxy) is 1. The summed E-state index contributed by atoms with van der Waals surface area (Å²) in [6.07, 6.45) is 0.357. The number of nitrogens with two attached hydrogens (primary N) is 1. The number of benzene rings is 2. The summed E-state index contributed by atoms with van der Waals surface area (Å²) >= 11 is 6.22. The van der Waals surface area contributed by atoms with E-state index in [1.807, 2.05) is 30.3 Å². The highest BCUT2D eigenvalue weighted by molar-refractivity contribution is 6.31. The van der Waals surface area contributed by atoms with Crippen molar-refractivity contribution in [1.82, 2.24) is 9.88 Å². The fourth-order valence-electron chi connectivity index (χ4n) is 3.81. The zero-order chi connectivity index (χ0) is 19.0. The van der Waals surface area contributed by atoms with Crippen molar-refractivity contribution in [2.75, 3.05) is 26.7 Å². The molecule has 142 valence electrons. The Morgan fingerprint density at radius 3 is 2.81 bits per heavy atom. The lowest BCUT2D eigenvalue weighted by Gasteiger charge is -2.33. The quantitative estimate of drug-likeness (QED) is 0.631. The van der Waals surface area contributed by atoms with E-state index in [9.17, 15) is 5.11 Å². The van der Waals surface area contributed by atoms with Crippen LogP contribution in [0.3, 0.4) is 0 Å². The number of aliphatic hydroxyl groups excluding tert-OH is 1. The molecular formula is C21H24ClN3O2. The maximum Gasteiger partial charge on any atom is 0.119 e. The average molecular weight is 386 g/mol. The van der Waals surface area contributed by atoms with Gasteiger partial charge in [0.25, 0.3) is 0 Å². The van der Waals surface area contributed by atoms with Crippen molar-refractivity contribution in [2.45, 2.75) is 18.6 Å². The number of aliphatic hydroxyl groups is 1. The van der Waals surface area contributed by atoms with Crippen molar-refractivity contribution in [3.63, 3.8) is 0 Å². The topological polar surface area (TPSA) is 74.5 Å². The number of fused-ring (bicyclic) bond motifs is 3. The molecule has 0 bridgehead atoms. The Morgan fingerprint density at radius 2 is 2.07 bits per heavy atom. The molecule has 4 rings (SSSR count). The van der Waals surface area contributed by atoms with Crippen LogP contribution in [0, 0.1) is 0 Å². The van der Waals surface area contributed by atoms with Crippen LogP contribution in [0.5, 0.6) is 5.75 Å². The summed E-state index contributed by atoms with van der Waals surface area (Å²) in [6, 6.07) is 14.2. The van der Waals surface area contributed by atoms with E-state index in [0.717, 1.165) is 29.3 Å². The van der Waals surface area contributed by atoms with Gasteiger partial charge in [0.1, 0.15) is 18.5 Å². The molecule has 2 unspecified atom stereocenters. The smallest absolute Gasteiger partial charge is 0.119 e. The molecule has 0 radical (unpaired) electrons. The second-order valence-electron chi connectivity index (χ2n) is 7.11. The monoisotopic (exact) mass is 385 g/mol. The standard InChI is InChI=1S/C21H24ClN3O2/c1-25-9-8-17-18-10-14(22)4-7-19(18)24-20(17)21(25)13-2-5-16(6-3-13)27-12-15(26)11-23/h2-7,10,15,21,24,26H,8-9,11-12,23H2,1H3. The van der Waals surface area contributed by atoms with Gasteiger partial charge in [-0.2, -0.15) is 0 Å². The van der Waals surface area contributed by atoms with Gasteiger partial charge in [0, 0.05) is 34.7 Å². The number of halogens is 1. The van der Waals surface area contributed by atoms with E-state index in [-0.39, 0.29) is 19.2 Å². The van der Waals surface area contributed by atoms with Crippen molar-refractivity contribution >= 4 is 22.5 Å². The van der Waals surface area contributed by atoms with E-state index in [4.69, 9.17) is 22.1 Å². The summed E-state index contributed by atoms with van der Waals surface area (Å²) in [5.74, 6) is 0.730. The number of hydrogen-bond acceptors (Lipinski definition) is 4. The molecule has 27 heavy (non-hydrogen) atoms. The number of H-pyrrole nitrogens is 1. The first-order valence-corrected chi connectivity index (χ1v) is 9.55. The van der Waals surface area contributed by atoms with Gasteiger partial charge in [-0.3, -0.25) is 4.90 Å². The second-order valence-corrected chi connectivity index (χ2v) is 7.55. The van der Waals surface area contributed by atoms with Crippen LogP contribution in [0.2, 0.25) is 5.02 Å². The summed E-state index contributed by atoms with van der Waals surface area (Å²) in [5, 5.41) is 11.5. The van der Waals surface area contributed by atoms with Crippen LogP contribution in [0.25, 0.3) is 10.9 Å². The van der Waals surface area contributed by atoms with Gasteiger partial charge in [0.05, 0.1) is 6.04 Å². The third kappa shape index (κ3) is 3.56. The third-order valence-corrected chi connectivity index (χ3v) is 5.48. The number of rotatable bonds is 5. The molecule has 2 heterocycles. The number of nitrogens with zero attached hydrogens (tertiary/aromatic N) is 1. The maximum atomic E-state index is 9.54. The largest absolute Gasteiger partial charge is 0.491 e. The number of likely N-dealkylation sites (N-methyl/N-ethyl adjacent to an activating group) is 1. The molecule has 4 N–H and O–H groups in total. The summed E-state index contributed by atoms with van der Waals surface area (Å²) in [5.41, 5.74) is 10.3. The van der Waals surface area contributed by atoms with E-state index in [1.165, 1.54) is 22.2 Å². The Morgan fingerprint density at radius 1 is 1.30 bits per heavy atom. The van der Waals surface area contributed by atoms with Gasteiger partial charge in [-0.25, -0.2) is 0 Å². The molecule has 0 fully saturated rings. The minimum atomic E-state index is -0.644. The van der Waals surface area contributed by atoms with Crippen molar-refractivity contribution in [1.29, 1.82) is 0 Å². The fraction of sp³-hybridized carbons (Fsp3) is 0.333. The lowest BCUT2D eigenvalue weighted by molar-refractivity contribution is 0.114. The minimum absolute atomic E-state index is 0.156. The molecule has 5 nitrogen and oxygen atoms in total. The van der Waals surface area contributed by atoms with Gasteiger partial charge in [-0.1, -0.05) is 23.7 Å². The average Bonchev–Trinajstić information content (AvgIpc) is 3.04. The lowest BCUT2D eigenvalue weighted by Crippen LogP contribution is -2.32. The molecule has 2 aromatic carbocycles. The zero-order valence-corrected chi connectivity index (χ0v) is 16.0. The van der Waals surface area contributed by atoms with Crippen LogP contribution < -0.4 is 10.5 Å². The van der Waals surface area contributed by atoms with E-state index in [1.54, 1.807) is 0 Å². The van der Waals surface area contributed by atoms with Crippen molar-refractivity contribution in [2.24, 2.45) is 5.73 Å². The Labute approximate surface area is 163 Å². The lowest BCUT2D eigenvalue weighted by atomic mass is 9.93. The number of aromatic amines is 1. The molecule has 1 aliphatic rings. The highest BCUT2D eigenvalue weighted by atomic mass is 35.5. The van der Waals surface area contributed by atoms with Gasteiger partial charge < -0.3 is 20.6 Å². The summed E-state index contributed by atoms with van der Waals surface area (Å²) < 4.78 is 5.59. The van der Waals surface area contributed by atoms with Crippen LogP contribution in [0.4, 0.5) is 0 Å². The van der Waals surface area contributed by atoms with Gasteiger partial charge in [-0.05, 0) is 54.9 Å². The van der Waals surface area contributed by atoms with Crippen molar-refractivity contribution < 1.29 is 9.84 Å². The van der Waals surface area contributed by atoms with Crippen LogP contribution >= 0.6 is 11.6 Å². The van der Waals surface area contributed by atoms with Gasteiger partial charge in [0.2, 0.25) is 0 Å². The van der Waals surface area contributed by atoms with E-state index < -0.39 is 6.10 Å². The van der Waals surface area contributed by atoms with Crippen LogP contribution in [0.1, 0.15) is 22.9 Å². The minimum Gasteiger partial charge on any atom is -0.491 e. The highest BCUT2D eigenvalue weighted by Crippen LogP contribution is 2.38. The van der Waals surface area contributed by atoms with Gasteiger partial charge in [-0.15, -0.1) is 0 Å². The first-order chi connectivity index (χ1) is 13.1. The number of hydrogen-bond donors (Lipinski definition) is 3. The van der Waals surface area contributed by atoms with Crippen molar-refractivity contribution in [3.05, 3.63) is 64.3 Å². The Balaban J connectivity index is 1.65. The number of aromatic nitrogens is 1. The Kier molecular flexibility index (Phi) is 5.10. The Hall–Kier alpha value is -2.05.